The van der Waals surface area contributed by atoms with E-state index in [2.05, 4.69) is 17.2 Å². The maximum absolute atomic E-state index is 14.1. The van der Waals surface area contributed by atoms with Crippen molar-refractivity contribution in [1.82, 2.24) is 15.5 Å². The predicted molar refractivity (Wildman–Crippen MR) is 150 cm³/mol. The minimum Gasteiger partial charge on any atom is -0.508 e. The van der Waals surface area contributed by atoms with Gasteiger partial charge in [-0.15, -0.1) is 6.58 Å². The zero-order valence-corrected chi connectivity index (χ0v) is 23.5. The van der Waals surface area contributed by atoms with E-state index >= 15 is 0 Å². The van der Waals surface area contributed by atoms with Gasteiger partial charge in [-0.1, -0.05) is 49.8 Å². The average Bonchev–Trinajstić information content (AvgIpc) is 2.85. The second-order valence-electron chi connectivity index (χ2n) is 10.4. The molecule has 0 saturated carbocycles. The minimum absolute atomic E-state index is 0.0276. The zero-order chi connectivity index (χ0) is 29.2. The average molecular weight is 540 g/mol. The molecule has 0 radical (unpaired) electrons. The molecule has 0 saturated heterocycles. The molecule has 9 heteroatoms. The number of benzene rings is 2. The number of phenols is 2. The molecule has 0 aliphatic rings. The smallest absolute Gasteiger partial charge is 0.408 e. The SMILES string of the molecule is C=CCN(C(=O)C(Cc1ccc(O)cc1)NC(=O)OC(C)(C)C)C(C(=O)NCCCC)c1cccc(C)c1O. The topological polar surface area (TPSA) is 128 Å². The van der Waals surface area contributed by atoms with E-state index < -0.39 is 35.6 Å². The number of para-hydroxylation sites is 1. The number of carbonyl (C=O) groups is 3. The number of unbranched alkanes of at least 4 members (excludes halogenated alkanes) is 1. The molecule has 39 heavy (non-hydrogen) atoms. The number of alkyl carbamates (subject to hydrolysis) is 1. The molecule has 0 spiro atoms. The van der Waals surface area contributed by atoms with Crippen molar-refractivity contribution in [3.05, 3.63) is 71.8 Å². The van der Waals surface area contributed by atoms with Gasteiger partial charge >= 0.3 is 6.09 Å². The van der Waals surface area contributed by atoms with E-state index in [9.17, 15) is 24.6 Å². The quantitative estimate of drug-likeness (QED) is 0.232. The van der Waals surface area contributed by atoms with Crippen molar-refractivity contribution in [2.45, 2.75) is 71.6 Å². The number of amides is 3. The number of nitrogens with zero attached hydrogens (tertiary/aromatic N) is 1. The van der Waals surface area contributed by atoms with Crippen LogP contribution in [0, 0.1) is 6.92 Å². The van der Waals surface area contributed by atoms with Crippen molar-refractivity contribution in [3.63, 3.8) is 0 Å². The molecule has 0 aliphatic carbocycles. The summed E-state index contributed by atoms with van der Waals surface area (Å²) in [5.74, 6) is -1.05. The fourth-order valence-electron chi connectivity index (χ4n) is 4.02. The second kappa shape index (κ2) is 14.2. The molecule has 2 rings (SSSR count). The van der Waals surface area contributed by atoms with E-state index in [0.29, 0.717) is 17.7 Å². The molecule has 0 heterocycles. The lowest BCUT2D eigenvalue weighted by Crippen LogP contribution is -2.54. The fraction of sp³-hybridized carbons (Fsp3) is 0.433. The Kier molecular flexibility index (Phi) is 11.4. The third kappa shape index (κ3) is 9.35. The van der Waals surface area contributed by atoms with Gasteiger partial charge in [-0.25, -0.2) is 4.79 Å². The molecule has 2 atom stereocenters. The van der Waals surface area contributed by atoms with Crippen LogP contribution in [0.25, 0.3) is 0 Å². The maximum Gasteiger partial charge on any atom is 0.408 e. The molecule has 0 fully saturated rings. The minimum atomic E-state index is -1.19. The summed E-state index contributed by atoms with van der Waals surface area (Å²) < 4.78 is 5.41. The van der Waals surface area contributed by atoms with Crippen LogP contribution in [0.5, 0.6) is 11.5 Å². The summed E-state index contributed by atoms with van der Waals surface area (Å²) in [5.41, 5.74) is 0.687. The number of hydrogen-bond donors (Lipinski definition) is 4. The highest BCUT2D eigenvalue weighted by Crippen LogP contribution is 2.32. The third-order valence-corrected chi connectivity index (χ3v) is 5.93. The summed E-state index contributed by atoms with van der Waals surface area (Å²) in [7, 11) is 0. The molecule has 3 amide bonds. The molecule has 0 aromatic heterocycles. The van der Waals surface area contributed by atoms with Gasteiger partial charge in [-0.2, -0.15) is 0 Å². The number of aryl methyl sites for hydroxylation is 1. The zero-order valence-electron chi connectivity index (χ0n) is 23.5. The Hall–Kier alpha value is -4.01. The second-order valence-corrected chi connectivity index (χ2v) is 10.4. The number of carbonyl (C=O) groups excluding carboxylic acids is 3. The van der Waals surface area contributed by atoms with Crippen molar-refractivity contribution in [1.29, 1.82) is 0 Å². The van der Waals surface area contributed by atoms with Crippen molar-refractivity contribution in [2.24, 2.45) is 0 Å². The molecule has 2 unspecified atom stereocenters. The molecule has 212 valence electrons. The molecular formula is C30H41N3O6. The lowest BCUT2D eigenvalue weighted by atomic mass is 9.98. The number of aromatic hydroxyl groups is 2. The number of hydrogen-bond acceptors (Lipinski definition) is 6. The summed E-state index contributed by atoms with van der Waals surface area (Å²) in [5, 5.41) is 26.1. The summed E-state index contributed by atoms with van der Waals surface area (Å²) >= 11 is 0. The van der Waals surface area contributed by atoms with Gasteiger partial charge in [0.05, 0.1) is 0 Å². The summed E-state index contributed by atoms with van der Waals surface area (Å²) in [6.07, 6.45) is 2.38. The Balaban J connectivity index is 2.55. The first-order chi connectivity index (χ1) is 18.4. The van der Waals surface area contributed by atoms with E-state index in [4.69, 9.17) is 4.74 Å². The number of rotatable bonds is 12. The lowest BCUT2D eigenvalue weighted by Gasteiger charge is -2.34. The van der Waals surface area contributed by atoms with Gasteiger partial charge in [0.1, 0.15) is 29.2 Å². The van der Waals surface area contributed by atoms with Crippen molar-refractivity contribution in [3.8, 4) is 11.5 Å². The first-order valence-electron chi connectivity index (χ1n) is 13.1. The highest BCUT2D eigenvalue weighted by Gasteiger charge is 2.37. The lowest BCUT2D eigenvalue weighted by molar-refractivity contribution is -0.141. The standard InChI is InChI=1S/C30H41N3O6/c1-7-9-17-31-27(36)25(23-12-10-11-20(3)26(23)35)33(18-8-2)28(37)24(32-29(38)39-30(4,5)6)19-21-13-15-22(34)16-14-21/h8,10-16,24-25,34-35H,2,7,9,17-19H2,1,3-6H3,(H,31,36)(H,32,38). The van der Waals surface area contributed by atoms with Crippen LogP contribution in [0.4, 0.5) is 4.79 Å². The van der Waals surface area contributed by atoms with Crippen LogP contribution in [-0.4, -0.2) is 57.8 Å². The van der Waals surface area contributed by atoms with Gasteiger partial charge < -0.3 is 30.5 Å². The summed E-state index contributed by atoms with van der Waals surface area (Å²) in [6, 6.07) is 8.98. The monoisotopic (exact) mass is 539 g/mol. The third-order valence-electron chi connectivity index (χ3n) is 5.93. The normalized spacial score (nSPS) is 12.6. The highest BCUT2D eigenvalue weighted by atomic mass is 16.6. The van der Waals surface area contributed by atoms with Crippen LogP contribution in [0.3, 0.4) is 0 Å². The van der Waals surface area contributed by atoms with Crippen LogP contribution in [0.2, 0.25) is 0 Å². The molecule has 2 aromatic rings. The predicted octanol–water partition coefficient (Wildman–Crippen LogP) is 4.51. The fourth-order valence-corrected chi connectivity index (χ4v) is 4.02. The molecule has 0 bridgehead atoms. The van der Waals surface area contributed by atoms with Crippen molar-refractivity contribution >= 4 is 17.9 Å². The number of phenolic OH excluding ortho intramolecular Hbond substituents is 2. The van der Waals surface area contributed by atoms with Gasteiger partial charge in [0.2, 0.25) is 11.8 Å². The van der Waals surface area contributed by atoms with Gasteiger partial charge in [-0.05, 0) is 57.4 Å². The van der Waals surface area contributed by atoms with Crippen LogP contribution in [0.1, 0.15) is 63.3 Å². The first-order valence-corrected chi connectivity index (χ1v) is 13.1. The van der Waals surface area contributed by atoms with Crippen molar-refractivity contribution < 1.29 is 29.3 Å². The van der Waals surface area contributed by atoms with Crippen LogP contribution >= 0.6 is 0 Å². The van der Waals surface area contributed by atoms with E-state index in [0.717, 1.165) is 12.8 Å². The Labute approximate surface area is 230 Å². The van der Waals surface area contributed by atoms with Crippen LogP contribution in [-0.2, 0) is 20.7 Å². The van der Waals surface area contributed by atoms with Crippen LogP contribution in [0.15, 0.2) is 55.1 Å². The molecular weight excluding hydrogens is 498 g/mol. The van der Waals surface area contributed by atoms with Gasteiger partial charge in [0, 0.05) is 25.1 Å². The highest BCUT2D eigenvalue weighted by molar-refractivity contribution is 5.93. The maximum atomic E-state index is 14.1. The Morgan fingerprint density at radius 2 is 1.77 bits per heavy atom. The molecule has 9 nitrogen and oxygen atoms in total. The molecule has 2 aromatic carbocycles. The van der Waals surface area contributed by atoms with E-state index in [1.54, 1.807) is 58.0 Å². The molecule has 4 N–H and O–H groups in total. The Morgan fingerprint density at radius 1 is 1.10 bits per heavy atom. The van der Waals surface area contributed by atoms with Crippen LogP contribution < -0.4 is 10.6 Å². The van der Waals surface area contributed by atoms with E-state index in [1.165, 1.54) is 23.1 Å². The van der Waals surface area contributed by atoms with Gasteiger partial charge in [-0.3, -0.25) is 9.59 Å². The summed E-state index contributed by atoms with van der Waals surface area (Å²) in [4.78, 5) is 41.7. The Morgan fingerprint density at radius 3 is 2.36 bits per heavy atom. The van der Waals surface area contributed by atoms with Gasteiger partial charge in [0.15, 0.2) is 0 Å². The largest absolute Gasteiger partial charge is 0.508 e. The number of nitrogens with one attached hydrogen (secondary N) is 2. The van der Waals surface area contributed by atoms with E-state index in [-0.39, 0.29) is 30.0 Å². The van der Waals surface area contributed by atoms with Gasteiger partial charge in [0.25, 0.3) is 0 Å². The van der Waals surface area contributed by atoms with Crippen molar-refractivity contribution in [2.75, 3.05) is 13.1 Å². The molecule has 0 aliphatic heterocycles. The Bertz CT molecular complexity index is 1140. The summed E-state index contributed by atoms with van der Waals surface area (Å²) in [6.45, 7) is 13.0. The number of ether oxygens (including phenoxy) is 1. The van der Waals surface area contributed by atoms with E-state index in [1.807, 2.05) is 6.92 Å². The first kappa shape index (κ1) is 31.2.